The lowest BCUT2D eigenvalue weighted by Gasteiger charge is -2.17. The molecule has 0 radical (unpaired) electrons. The van der Waals surface area contributed by atoms with E-state index >= 15 is 0 Å². The SMILES string of the molecule is CC1(C)NC(=O)N(Cc2cccc3ccccc23)C1=O. The van der Waals surface area contributed by atoms with Gasteiger partial charge in [0.15, 0.2) is 0 Å². The molecule has 0 aromatic heterocycles. The molecule has 4 heteroatoms. The number of nitrogens with zero attached hydrogens (tertiary/aromatic N) is 1. The second-order valence-electron chi connectivity index (χ2n) is 5.58. The number of carbonyl (C=O) groups is 2. The molecule has 1 aliphatic rings. The van der Waals surface area contributed by atoms with Crippen molar-refractivity contribution in [2.45, 2.75) is 25.9 Å². The Bertz CT molecular complexity index is 701. The highest BCUT2D eigenvalue weighted by atomic mass is 16.2. The Hall–Kier alpha value is -2.36. The maximum Gasteiger partial charge on any atom is 0.325 e. The molecule has 3 amide bonds. The lowest BCUT2D eigenvalue weighted by atomic mass is 10.0. The molecule has 4 nitrogen and oxygen atoms in total. The summed E-state index contributed by atoms with van der Waals surface area (Å²) in [7, 11) is 0. The fraction of sp³-hybridized carbons (Fsp3) is 0.250. The van der Waals surface area contributed by atoms with Crippen LogP contribution in [0.15, 0.2) is 42.5 Å². The molecule has 1 aliphatic heterocycles. The van der Waals surface area contributed by atoms with Crippen molar-refractivity contribution in [3.8, 4) is 0 Å². The predicted molar refractivity (Wildman–Crippen MR) is 77.1 cm³/mol. The smallest absolute Gasteiger partial charge is 0.324 e. The van der Waals surface area contributed by atoms with Crippen molar-refractivity contribution in [3.63, 3.8) is 0 Å². The quantitative estimate of drug-likeness (QED) is 0.851. The molecule has 1 heterocycles. The molecule has 0 atom stereocenters. The van der Waals surface area contributed by atoms with E-state index in [2.05, 4.69) is 5.32 Å². The van der Waals surface area contributed by atoms with Gasteiger partial charge in [0, 0.05) is 0 Å². The van der Waals surface area contributed by atoms with E-state index in [9.17, 15) is 9.59 Å². The number of benzene rings is 2. The predicted octanol–water partition coefficient (Wildman–Crippen LogP) is 2.67. The van der Waals surface area contributed by atoms with E-state index in [0.717, 1.165) is 16.3 Å². The molecule has 0 aliphatic carbocycles. The minimum atomic E-state index is -0.818. The van der Waals surface area contributed by atoms with Gasteiger partial charge in [-0.3, -0.25) is 9.69 Å². The zero-order chi connectivity index (χ0) is 14.3. The molecule has 0 saturated carbocycles. The Kier molecular flexibility index (Phi) is 2.74. The zero-order valence-corrected chi connectivity index (χ0v) is 11.5. The molecule has 102 valence electrons. The third kappa shape index (κ3) is 1.93. The molecule has 1 fully saturated rings. The summed E-state index contributed by atoms with van der Waals surface area (Å²) in [5, 5.41) is 4.88. The van der Waals surface area contributed by atoms with Gasteiger partial charge in [-0.15, -0.1) is 0 Å². The number of imide groups is 1. The second kappa shape index (κ2) is 4.34. The van der Waals surface area contributed by atoms with E-state index in [1.165, 1.54) is 4.90 Å². The number of hydrogen-bond acceptors (Lipinski definition) is 2. The van der Waals surface area contributed by atoms with Gasteiger partial charge in [-0.25, -0.2) is 4.79 Å². The standard InChI is InChI=1S/C16H16N2O2/c1-16(2)14(19)18(15(20)17-16)10-12-8-5-7-11-6-3-4-9-13(11)12/h3-9H,10H2,1-2H3,(H,17,20). The van der Waals surface area contributed by atoms with Gasteiger partial charge in [-0.05, 0) is 30.2 Å². The summed E-state index contributed by atoms with van der Waals surface area (Å²) < 4.78 is 0. The van der Waals surface area contributed by atoms with Gasteiger partial charge in [-0.1, -0.05) is 42.5 Å². The summed E-state index contributed by atoms with van der Waals surface area (Å²) in [5.74, 6) is -0.185. The molecule has 20 heavy (non-hydrogen) atoms. The monoisotopic (exact) mass is 268 g/mol. The third-order valence-electron chi connectivity index (χ3n) is 3.65. The van der Waals surface area contributed by atoms with Crippen molar-refractivity contribution < 1.29 is 9.59 Å². The topological polar surface area (TPSA) is 49.4 Å². The minimum absolute atomic E-state index is 0.185. The fourth-order valence-electron chi connectivity index (χ4n) is 2.56. The second-order valence-corrected chi connectivity index (χ2v) is 5.58. The number of carbonyl (C=O) groups excluding carboxylic acids is 2. The normalized spacial score (nSPS) is 17.6. The molecular formula is C16H16N2O2. The maximum atomic E-state index is 12.2. The lowest BCUT2D eigenvalue weighted by Crippen LogP contribution is -2.40. The first kappa shape index (κ1) is 12.7. The van der Waals surface area contributed by atoms with Crippen LogP contribution in [0, 0.1) is 0 Å². The first-order valence-corrected chi connectivity index (χ1v) is 6.60. The highest BCUT2D eigenvalue weighted by molar-refractivity contribution is 6.06. The van der Waals surface area contributed by atoms with E-state index in [1.807, 2.05) is 42.5 Å². The van der Waals surface area contributed by atoms with Crippen molar-refractivity contribution in [1.82, 2.24) is 10.2 Å². The Morgan fingerprint density at radius 3 is 2.45 bits per heavy atom. The van der Waals surface area contributed by atoms with Gasteiger partial charge in [0.2, 0.25) is 0 Å². The molecule has 2 aromatic rings. The molecule has 0 spiro atoms. The number of nitrogens with one attached hydrogen (secondary N) is 1. The van der Waals surface area contributed by atoms with Crippen LogP contribution in [-0.2, 0) is 11.3 Å². The van der Waals surface area contributed by atoms with E-state index in [4.69, 9.17) is 0 Å². The molecule has 1 saturated heterocycles. The van der Waals surface area contributed by atoms with Crippen LogP contribution >= 0.6 is 0 Å². The Morgan fingerprint density at radius 2 is 1.75 bits per heavy atom. The van der Waals surface area contributed by atoms with E-state index in [1.54, 1.807) is 13.8 Å². The Labute approximate surface area is 117 Å². The van der Waals surface area contributed by atoms with Crippen LogP contribution in [0.5, 0.6) is 0 Å². The number of hydrogen-bond donors (Lipinski definition) is 1. The summed E-state index contributed by atoms with van der Waals surface area (Å²) in [4.78, 5) is 25.4. The van der Waals surface area contributed by atoms with Crippen LogP contribution in [-0.4, -0.2) is 22.4 Å². The lowest BCUT2D eigenvalue weighted by molar-refractivity contribution is -0.130. The van der Waals surface area contributed by atoms with Crippen LogP contribution in [0.2, 0.25) is 0 Å². The van der Waals surface area contributed by atoms with Gasteiger partial charge in [0.25, 0.3) is 5.91 Å². The van der Waals surface area contributed by atoms with Gasteiger partial charge < -0.3 is 5.32 Å². The fourth-order valence-corrected chi connectivity index (χ4v) is 2.56. The van der Waals surface area contributed by atoms with Crippen molar-refractivity contribution in [1.29, 1.82) is 0 Å². The first-order valence-electron chi connectivity index (χ1n) is 6.60. The maximum absolute atomic E-state index is 12.2. The summed E-state index contributed by atoms with van der Waals surface area (Å²) in [6.07, 6.45) is 0. The largest absolute Gasteiger partial charge is 0.325 e. The third-order valence-corrected chi connectivity index (χ3v) is 3.65. The average Bonchev–Trinajstić information content (AvgIpc) is 2.61. The van der Waals surface area contributed by atoms with Crippen LogP contribution < -0.4 is 5.32 Å². The van der Waals surface area contributed by atoms with Crippen LogP contribution in [0.1, 0.15) is 19.4 Å². The molecule has 3 rings (SSSR count). The summed E-state index contributed by atoms with van der Waals surface area (Å²) >= 11 is 0. The number of amides is 3. The summed E-state index contributed by atoms with van der Waals surface area (Å²) in [5.41, 5.74) is 0.158. The number of fused-ring (bicyclic) bond motifs is 1. The molecule has 2 aromatic carbocycles. The highest BCUT2D eigenvalue weighted by Crippen LogP contribution is 2.23. The van der Waals surface area contributed by atoms with E-state index in [0.29, 0.717) is 6.54 Å². The van der Waals surface area contributed by atoms with Gasteiger partial charge in [0.1, 0.15) is 5.54 Å². The summed E-state index contributed by atoms with van der Waals surface area (Å²) in [6, 6.07) is 13.6. The van der Waals surface area contributed by atoms with Gasteiger partial charge in [0.05, 0.1) is 6.54 Å². The number of urea groups is 1. The van der Waals surface area contributed by atoms with Gasteiger partial charge in [-0.2, -0.15) is 0 Å². The molecular weight excluding hydrogens is 252 g/mol. The molecule has 0 unspecified atom stereocenters. The zero-order valence-electron chi connectivity index (χ0n) is 11.5. The van der Waals surface area contributed by atoms with Gasteiger partial charge >= 0.3 is 6.03 Å². The number of rotatable bonds is 2. The van der Waals surface area contributed by atoms with Crippen LogP contribution in [0.25, 0.3) is 10.8 Å². The molecule has 0 bridgehead atoms. The Morgan fingerprint density at radius 1 is 1.05 bits per heavy atom. The van der Waals surface area contributed by atoms with E-state index in [-0.39, 0.29) is 11.9 Å². The first-order chi connectivity index (χ1) is 9.49. The van der Waals surface area contributed by atoms with Crippen LogP contribution in [0.4, 0.5) is 4.79 Å². The Balaban J connectivity index is 1.98. The minimum Gasteiger partial charge on any atom is -0.324 e. The average molecular weight is 268 g/mol. The van der Waals surface area contributed by atoms with Crippen molar-refractivity contribution >= 4 is 22.7 Å². The highest BCUT2D eigenvalue weighted by Gasteiger charge is 2.44. The summed E-state index contributed by atoms with van der Waals surface area (Å²) in [6.45, 7) is 3.74. The van der Waals surface area contributed by atoms with Crippen LogP contribution in [0.3, 0.4) is 0 Å². The van der Waals surface area contributed by atoms with Crippen molar-refractivity contribution in [3.05, 3.63) is 48.0 Å². The van der Waals surface area contributed by atoms with Crippen molar-refractivity contribution in [2.75, 3.05) is 0 Å². The van der Waals surface area contributed by atoms with Crippen molar-refractivity contribution in [2.24, 2.45) is 0 Å². The molecule has 1 N–H and O–H groups in total. The van der Waals surface area contributed by atoms with E-state index < -0.39 is 5.54 Å².